The molecular weight excluding hydrogens is 326 g/mol. The molecule has 0 spiro atoms. The van der Waals surface area contributed by atoms with E-state index in [1.165, 1.54) is 22.2 Å². The maximum absolute atomic E-state index is 11.5. The van der Waals surface area contributed by atoms with E-state index in [2.05, 4.69) is 29.3 Å². The Bertz CT molecular complexity index is 701. The number of hydrogen-bond donors (Lipinski definition) is 0. The highest BCUT2D eigenvalue weighted by Crippen LogP contribution is 2.23. The van der Waals surface area contributed by atoms with Crippen molar-refractivity contribution in [2.45, 2.75) is 37.3 Å². The average Bonchev–Trinajstić information content (AvgIpc) is 3.16. The minimum Gasteiger partial charge on any atom is -0.416 e. The second-order valence-electron chi connectivity index (χ2n) is 5.77. The molecule has 6 nitrogen and oxygen atoms in total. The van der Waals surface area contributed by atoms with Crippen LogP contribution in [-0.2, 0) is 16.0 Å². The minimum absolute atomic E-state index is 0.0940. The molecule has 2 amide bonds. The molecule has 1 saturated heterocycles. The van der Waals surface area contributed by atoms with Gasteiger partial charge in [0.25, 0.3) is 5.22 Å². The van der Waals surface area contributed by atoms with Crippen LogP contribution >= 0.6 is 11.8 Å². The number of hydrogen-bond acceptors (Lipinski definition) is 6. The zero-order valence-electron chi connectivity index (χ0n) is 13.5. The van der Waals surface area contributed by atoms with Crippen LogP contribution in [0.1, 0.15) is 37.1 Å². The van der Waals surface area contributed by atoms with Gasteiger partial charge < -0.3 is 4.42 Å². The molecule has 1 unspecified atom stereocenters. The fourth-order valence-corrected chi connectivity index (χ4v) is 3.34. The van der Waals surface area contributed by atoms with Crippen LogP contribution in [0.15, 0.2) is 40.0 Å². The van der Waals surface area contributed by atoms with E-state index in [-0.39, 0.29) is 11.8 Å². The van der Waals surface area contributed by atoms with Crippen molar-refractivity contribution in [3.63, 3.8) is 0 Å². The summed E-state index contributed by atoms with van der Waals surface area (Å²) in [7, 11) is 0. The number of imide groups is 1. The van der Waals surface area contributed by atoms with E-state index >= 15 is 0 Å². The Morgan fingerprint density at radius 2 is 1.88 bits per heavy atom. The van der Waals surface area contributed by atoms with Crippen molar-refractivity contribution in [1.82, 2.24) is 15.1 Å². The van der Waals surface area contributed by atoms with E-state index in [0.29, 0.717) is 48.6 Å². The summed E-state index contributed by atoms with van der Waals surface area (Å²) < 4.78 is 5.65. The van der Waals surface area contributed by atoms with Gasteiger partial charge in [0, 0.05) is 31.6 Å². The van der Waals surface area contributed by atoms with Crippen LogP contribution in [0, 0.1) is 0 Å². The first-order chi connectivity index (χ1) is 11.6. The Labute approximate surface area is 144 Å². The standard InChI is InChI=1S/C17H19N3O3S/c1-12(13-5-3-2-4-6-13)11-14-18-19-17(23-14)24-10-9-20-15(21)7-8-16(20)22/h2-6,12H,7-11H2,1H3. The van der Waals surface area contributed by atoms with Crippen LogP contribution in [-0.4, -0.2) is 39.2 Å². The van der Waals surface area contributed by atoms with Gasteiger partial charge in [-0.1, -0.05) is 49.0 Å². The van der Waals surface area contributed by atoms with Crippen molar-refractivity contribution < 1.29 is 14.0 Å². The number of benzene rings is 1. The van der Waals surface area contributed by atoms with Crippen LogP contribution in [0.3, 0.4) is 0 Å². The topological polar surface area (TPSA) is 76.3 Å². The van der Waals surface area contributed by atoms with Crippen molar-refractivity contribution in [2.75, 3.05) is 12.3 Å². The van der Waals surface area contributed by atoms with E-state index in [9.17, 15) is 9.59 Å². The van der Waals surface area contributed by atoms with Crippen LogP contribution in [0.2, 0.25) is 0 Å². The Hall–Kier alpha value is -2.15. The lowest BCUT2D eigenvalue weighted by molar-refractivity contribution is -0.137. The van der Waals surface area contributed by atoms with E-state index in [4.69, 9.17) is 4.42 Å². The van der Waals surface area contributed by atoms with Gasteiger partial charge in [-0.25, -0.2) is 0 Å². The summed E-state index contributed by atoms with van der Waals surface area (Å²) in [5, 5.41) is 8.58. The lowest BCUT2D eigenvalue weighted by Gasteiger charge is -2.11. The third-order valence-electron chi connectivity index (χ3n) is 3.99. The zero-order chi connectivity index (χ0) is 16.9. The van der Waals surface area contributed by atoms with Gasteiger partial charge in [0.1, 0.15) is 0 Å². The molecule has 1 fully saturated rings. The van der Waals surface area contributed by atoms with Crippen molar-refractivity contribution in [2.24, 2.45) is 0 Å². The van der Waals surface area contributed by atoms with Gasteiger partial charge in [0.05, 0.1) is 0 Å². The number of thioether (sulfide) groups is 1. The first-order valence-corrected chi connectivity index (χ1v) is 8.95. The number of carbonyl (C=O) groups is 2. The van der Waals surface area contributed by atoms with Gasteiger partial charge in [0.15, 0.2) is 0 Å². The first kappa shape index (κ1) is 16.7. The van der Waals surface area contributed by atoms with Gasteiger partial charge in [-0.15, -0.1) is 10.2 Å². The highest BCUT2D eigenvalue weighted by atomic mass is 32.2. The van der Waals surface area contributed by atoms with Gasteiger partial charge in [-0.2, -0.15) is 0 Å². The van der Waals surface area contributed by atoms with E-state index in [0.717, 1.165) is 0 Å². The number of carbonyl (C=O) groups excluding carboxylic acids is 2. The molecule has 0 N–H and O–H groups in total. The molecular formula is C17H19N3O3S. The SMILES string of the molecule is CC(Cc1nnc(SCCN2C(=O)CCC2=O)o1)c1ccccc1. The molecule has 1 aliphatic heterocycles. The van der Waals surface area contributed by atoms with Crippen LogP contribution in [0.25, 0.3) is 0 Å². The molecule has 1 aromatic carbocycles. The monoisotopic (exact) mass is 345 g/mol. The van der Waals surface area contributed by atoms with Gasteiger partial charge in [-0.3, -0.25) is 14.5 Å². The highest BCUT2D eigenvalue weighted by Gasteiger charge is 2.28. The molecule has 2 heterocycles. The van der Waals surface area contributed by atoms with E-state index < -0.39 is 0 Å². The Morgan fingerprint density at radius 3 is 2.58 bits per heavy atom. The molecule has 2 aromatic rings. The zero-order valence-corrected chi connectivity index (χ0v) is 14.3. The third kappa shape index (κ3) is 4.03. The number of likely N-dealkylation sites (tertiary alicyclic amines) is 1. The van der Waals surface area contributed by atoms with Crippen molar-refractivity contribution in [3.8, 4) is 0 Å². The average molecular weight is 345 g/mol. The summed E-state index contributed by atoms with van der Waals surface area (Å²) >= 11 is 1.37. The molecule has 7 heteroatoms. The molecule has 0 saturated carbocycles. The largest absolute Gasteiger partial charge is 0.416 e. The molecule has 126 valence electrons. The summed E-state index contributed by atoms with van der Waals surface area (Å²) in [6.07, 6.45) is 1.33. The lowest BCUT2D eigenvalue weighted by Crippen LogP contribution is -2.31. The summed E-state index contributed by atoms with van der Waals surface area (Å²) in [6, 6.07) is 10.2. The summed E-state index contributed by atoms with van der Waals surface area (Å²) in [5.41, 5.74) is 1.23. The van der Waals surface area contributed by atoms with Crippen LogP contribution < -0.4 is 0 Å². The molecule has 0 aliphatic carbocycles. The van der Waals surface area contributed by atoms with Gasteiger partial charge in [0.2, 0.25) is 17.7 Å². The molecule has 0 radical (unpaired) electrons. The third-order valence-corrected chi connectivity index (χ3v) is 4.79. The summed E-state index contributed by atoms with van der Waals surface area (Å²) in [5.74, 6) is 1.27. The smallest absolute Gasteiger partial charge is 0.276 e. The first-order valence-electron chi connectivity index (χ1n) is 7.97. The maximum Gasteiger partial charge on any atom is 0.276 e. The molecule has 24 heavy (non-hydrogen) atoms. The second-order valence-corrected chi connectivity index (χ2v) is 6.81. The Balaban J connectivity index is 1.49. The number of rotatable bonds is 7. The van der Waals surface area contributed by atoms with Crippen LogP contribution in [0.5, 0.6) is 0 Å². The highest BCUT2D eigenvalue weighted by molar-refractivity contribution is 7.99. The predicted molar refractivity (Wildman–Crippen MR) is 89.5 cm³/mol. The van der Waals surface area contributed by atoms with E-state index in [1.54, 1.807) is 0 Å². The number of nitrogens with zero attached hydrogens (tertiary/aromatic N) is 3. The molecule has 3 rings (SSSR count). The second kappa shape index (κ2) is 7.61. The number of amides is 2. The maximum atomic E-state index is 11.5. The van der Waals surface area contributed by atoms with Gasteiger partial charge >= 0.3 is 0 Å². The molecule has 1 aliphatic rings. The predicted octanol–water partition coefficient (Wildman–Crippen LogP) is 2.66. The fraction of sp³-hybridized carbons (Fsp3) is 0.412. The Kier molecular flexibility index (Phi) is 5.30. The normalized spacial score (nSPS) is 16.0. The quantitative estimate of drug-likeness (QED) is 0.567. The minimum atomic E-state index is -0.0940. The summed E-state index contributed by atoms with van der Waals surface area (Å²) in [4.78, 5) is 24.4. The lowest BCUT2D eigenvalue weighted by atomic mass is 9.98. The number of aromatic nitrogens is 2. The van der Waals surface area contributed by atoms with E-state index in [1.807, 2.05) is 18.2 Å². The van der Waals surface area contributed by atoms with Crippen LogP contribution in [0.4, 0.5) is 0 Å². The van der Waals surface area contributed by atoms with Crippen molar-refractivity contribution >= 4 is 23.6 Å². The Morgan fingerprint density at radius 1 is 1.17 bits per heavy atom. The summed E-state index contributed by atoms with van der Waals surface area (Å²) in [6.45, 7) is 2.51. The fourth-order valence-electron chi connectivity index (χ4n) is 2.64. The van der Waals surface area contributed by atoms with Crippen molar-refractivity contribution in [3.05, 3.63) is 41.8 Å². The molecule has 0 bridgehead atoms. The van der Waals surface area contributed by atoms with Crippen molar-refractivity contribution in [1.29, 1.82) is 0 Å². The molecule has 1 aromatic heterocycles. The van der Waals surface area contributed by atoms with Gasteiger partial charge in [-0.05, 0) is 11.5 Å². The molecule has 1 atom stereocenters.